The van der Waals surface area contributed by atoms with E-state index >= 15 is 0 Å². The van der Waals surface area contributed by atoms with Gasteiger partial charge in [-0.05, 0) is 30.7 Å². The van der Waals surface area contributed by atoms with Crippen molar-refractivity contribution in [3.8, 4) is 11.5 Å². The molecule has 4 nitrogen and oxygen atoms in total. The molecule has 144 valence electrons. The van der Waals surface area contributed by atoms with Crippen LogP contribution in [-0.4, -0.2) is 28.3 Å². The molecular weight excluding hydrogens is 471 g/mol. The topological polar surface area (TPSA) is 25.6 Å². The highest BCUT2D eigenvalue weighted by molar-refractivity contribution is 7.19. The standard InChI is InChI=1S/C21H25N2O2S.HI/c1-6-23-20(12-9-15-7-10-16(11-8-15)22(2)3)26-19-14-17(24-4)13-18(25-5)21(19)23;/h7-14H,6H2,1-5H3;1H/q+1;/p-1. The molecule has 0 amide bonds. The fraction of sp³-hybridized carbons (Fsp3) is 0.286. The molecule has 1 heterocycles. The van der Waals surface area contributed by atoms with E-state index in [0.29, 0.717) is 0 Å². The van der Waals surface area contributed by atoms with Crippen molar-refractivity contribution in [2.45, 2.75) is 13.5 Å². The third-order valence-corrected chi connectivity index (χ3v) is 5.46. The van der Waals surface area contributed by atoms with Crippen LogP contribution in [-0.2, 0) is 6.54 Å². The van der Waals surface area contributed by atoms with Gasteiger partial charge in [-0.25, -0.2) is 0 Å². The summed E-state index contributed by atoms with van der Waals surface area (Å²) in [6.07, 6.45) is 4.32. The lowest BCUT2D eigenvalue weighted by molar-refractivity contribution is -0.665. The third kappa shape index (κ3) is 4.55. The van der Waals surface area contributed by atoms with Crippen LogP contribution in [0, 0.1) is 0 Å². The zero-order valence-electron chi connectivity index (χ0n) is 16.3. The normalized spacial score (nSPS) is 10.9. The number of anilines is 1. The first-order valence-electron chi connectivity index (χ1n) is 8.61. The third-order valence-electron chi connectivity index (χ3n) is 4.36. The lowest BCUT2D eigenvalue weighted by Gasteiger charge is -2.11. The van der Waals surface area contributed by atoms with Crippen LogP contribution in [0.15, 0.2) is 36.4 Å². The average Bonchev–Trinajstić information content (AvgIpc) is 3.03. The maximum atomic E-state index is 5.60. The van der Waals surface area contributed by atoms with Gasteiger partial charge in [-0.1, -0.05) is 23.5 Å². The molecule has 0 aliphatic heterocycles. The number of nitrogens with zero attached hydrogens (tertiary/aromatic N) is 2. The van der Waals surface area contributed by atoms with E-state index in [2.05, 4.69) is 58.9 Å². The molecule has 0 aliphatic carbocycles. The molecule has 1 aromatic heterocycles. The summed E-state index contributed by atoms with van der Waals surface area (Å²) in [7, 11) is 7.48. The molecule has 27 heavy (non-hydrogen) atoms. The Morgan fingerprint density at radius 2 is 1.74 bits per heavy atom. The van der Waals surface area contributed by atoms with Crippen molar-refractivity contribution in [3.05, 3.63) is 47.0 Å². The summed E-state index contributed by atoms with van der Waals surface area (Å²) in [6.45, 7) is 3.03. The molecule has 3 rings (SSSR count). The molecule has 0 spiro atoms. The van der Waals surface area contributed by atoms with Crippen LogP contribution < -0.4 is 42.9 Å². The second-order valence-corrected chi connectivity index (χ2v) is 7.24. The molecule has 0 aliphatic rings. The number of thiazole rings is 1. The molecule has 0 atom stereocenters. The van der Waals surface area contributed by atoms with Crippen LogP contribution in [0.25, 0.3) is 22.4 Å². The number of rotatable bonds is 6. The van der Waals surface area contributed by atoms with E-state index in [9.17, 15) is 0 Å². The summed E-state index contributed by atoms with van der Waals surface area (Å²) in [5.74, 6) is 1.65. The molecule has 0 saturated heterocycles. The molecule has 0 N–H and O–H groups in total. The van der Waals surface area contributed by atoms with Crippen molar-refractivity contribution in [1.82, 2.24) is 0 Å². The minimum atomic E-state index is 0. The van der Waals surface area contributed by atoms with Crippen LogP contribution >= 0.6 is 11.3 Å². The van der Waals surface area contributed by atoms with E-state index in [1.165, 1.54) is 16.3 Å². The number of methoxy groups -OCH3 is 2. The summed E-state index contributed by atoms with van der Waals surface area (Å²) in [5.41, 5.74) is 3.49. The smallest absolute Gasteiger partial charge is 0.266 e. The van der Waals surface area contributed by atoms with Gasteiger partial charge >= 0.3 is 0 Å². The number of fused-ring (bicyclic) bond motifs is 1. The molecule has 0 bridgehead atoms. The highest BCUT2D eigenvalue weighted by Crippen LogP contribution is 2.34. The minimum absolute atomic E-state index is 0. The van der Waals surface area contributed by atoms with Crippen LogP contribution in [0.1, 0.15) is 17.5 Å². The second-order valence-electron chi connectivity index (χ2n) is 6.18. The van der Waals surface area contributed by atoms with E-state index in [1.807, 2.05) is 20.2 Å². The molecule has 3 aromatic rings. The zero-order valence-corrected chi connectivity index (χ0v) is 19.3. The van der Waals surface area contributed by atoms with Gasteiger partial charge in [0.25, 0.3) is 10.5 Å². The van der Waals surface area contributed by atoms with Gasteiger partial charge in [0, 0.05) is 38.0 Å². The maximum Gasteiger partial charge on any atom is 0.266 e. The van der Waals surface area contributed by atoms with Crippen LogP contribution in [0.2, 0.25) is 0 Å². The Morgan fingerprint density at radius 3 is 2.30 bits per heavy atom. The van der Waals surface area contributed by atoms with E-state index < -0.39 is 0 Å². The Hall–Kier alpha value is -1.80. The van der Waals surface area contributed by atoms with Gasteiger partial charge in [-0.2, -0.15) is 4.57 Å². The maximum absolute atomic E-state index is 5.60. The molecule has 0 radical (unpaired) electrons. The Kier molecular flexibility index (Phi) is 7.49. The fourth-order valence-electron chi connectivity index (χ4n) is 2.94. The number of ether oxygens (including phenoxy) is 2. The second kappa shape index (κ2) is 9.41. The van der Waals surface area contributed by atoms with Crippen molar-refractivity contribution in [1.29, 1.82) is 0 Å². The summed E-state index contributed by atoms with van der Waals surface area (Å²) in [5, 5.41) is 1.19. The van der Waals surface area contributed by atoms with E-state index in [-0.39, 0.29) is 24.0 Å². The monoisotopic (exact) mass is 496 g/mol. The molecular formula is C21H25IN2O2S. The first-order valence-corrected chi connectivity index (χ1v) is 9.42. The lowest BCUT2D eigenvalue weighted by Crippen LogP contribution is -3.00. The van der Waals surface area contributed by atoms with Crippen molar-refractivity contribution < 1.29 is 38.0 Å². The summed E-state index contributed by atoms with van der Waals surface area (Å²) in [6, 6.07) is 12.5. The molecule has 0 saturated carbocycles. The van der Waals surface area contributed by atoms with Crippen molar-refractivity contribution >= 4 is 39.4 Å². The first-order chi connectivity index (χ1) is 12.6. The lowest BCUT2D eigenvalue weighted by atomic mass is 10.2. The number of aryl methyl sites for hydroxylation is 1. The van der Waals surface area contributed by atoms with Gasteiger partial charge in [-0.3, -0.25) is 0 Å². The van der Waals surface area contributed by atoms with Crippen molar-refractivity contribution in [2.24, 2.45) is 0 Å². The number of halogens is 1. The van der Waals surface area contributed by atoms with E-state index in [0.717, 1.165) is 28.3 Å². The Balaban J connectivity index is 0.00000261. The largest absolute Gasteiger partial charge is 1.00 e. The molecule has 0 fully saturated rings. The zero-order chi connectivity index (χ0) is 18.7. The van der Waals surface area contributed by atoms with E-state index in [1.54, 1.807) is 25.6 Å². The molecule has 2 aromatic carbocycles. The fourth-order valence-corrected chi connectivity index (χ4v) is 4.12. The minimum Gasteiger partial charge on any atom is -1.00 e. The number of hydrogen-bond donors (Lipinski definition) is 0. The van der Waals surface area contributed by atoms with Gasteiger partial charge in [0.05, 0.1) is 14.2 Å². The Morgan fingerprint density at radius 1 is 1.04 bits per heavy atom. The summed E-state index contributed by atoms with van der Waals surface area (Å²) < 4.78 is 14.4. The van der Waals surface area contributed by atoms with Gasteiger partial charge in [0.1, 0.15) is 17.0 Å². The number of hydrogen-bond acceptors (Lipinski definition) is 4. The Bertz CT molecular complexity index is 933. The van der Waals surface area contributed by atoms with Crippen LogP contribution in [0.3, 0.4) is 0 Å². The predicted molar refractivity (Wildman–Crippen MR) is 110 cm³/mol. The summed E-state index contributed by atoms with van der Waals surface area (Å²) in [4.78, 5) is 2.10. The van der Waals surface area contributed by atoms with Gasteiger partial charge in [0.2, 0.25) is 0 Å². The van der Waals surface area contributed by atoms with Crippen molar-refractivity contribution in [3.63, 3.8) is 0 Å². The van der Waals surface area contributed by atoms with Gasteiger partial charge in [-0.15, -0.1) is 0 Å². The molecule has 0 unspecified atom stereocenters. The van der Waals surface area contributed by atoms with E-state index in [4.69, 9.17) is 9.47 Å². The van der Waals surface area contributed by atoms with Crippen LogP contribution in [0.4, 0.5) is 5.69 Å². The molecule has 6 heteroatoms. The number of benzene rings is 2. The average molecular weight is 496 g/mol. The van der Waals surface area contributed by atoms with Gasteiger partial charge in [0.15, 0.2) is 5.75 Å². The predicted octanol–water partition coefficient (Wildman–Crippen LogP) is 1.47. The quantitative estimate of drug-likeness (QED) is 0.382. The summed E-state index contributed by atoms with van der Waals surface area (Å²) >= 11 is 1.74. The van der Waals surface area contributed by atoms with Crippen molar-refractivity contribution in [2.75, 3.05) is 33.2 Å². The van der Waals surface area contributed by atoms with Gasteiger partial charge < -0.3 is 38.4 Å². The highest BCUT2D eigenvalue weighted by atomic mass is 127. The van der Waals surface area contributed by atoms with Crippen LogP contribution in [0.5, 0.6) is 11.5 Å². The Labute approximate surface area is 182 Å². The number of aromatic nitrogens is 1. The highest BCUT2D eigenvalue weighted by Gasteiger charge is 2.22. The SMILES string of the molecule is CC[n+]1c(/C=C/c2ccc(N(C)C)cc2)sc2cc(OC)cc(OC)c21.[I-]. The first kappa shape index (κ1) is 21.5.